The minimum atomic E-state index is -4.43. The van der Waals surface area contributed by atoms with Gasteiger partial charge in [0.05, 0.1) is 11.1 Å². The molecular weight excluding hydrogens is 479 g/mol. The fourth-order valence-electron chi connectivity index (χ4n) is 5.11. The average Bonchev–Trinajstić information content (AvgIpc) is 2.92. The van der Waals surface area contributed by atoms with E-state index in [1.807, 2.05) is 41.3 Å². The minimum absolute atomic E-state index is 0.0165. The molecule has 1 saturated heterocycles. The maximum Gasteiger partial charge on any atom is 0.416 e. The maximum atomic E-state index is 13.5. The number of carbonyl (C=O) groups is 2. The van der Waals surface area contributed by atoms with Gasteiger partial charge in [0.25, 0.3) is 11.8 Å². The molecule has 2 amide bonds. The summed E-state index contributed by atoms with van der Waals surface area (Å²) < 4.78 is 38.4. The molecular formula is C29H28F3N3O2. The molecule has 2 aliphatic rings. The molecule has 0 aromatic heterocycles. The molecule has 5 rings (SSSR count). The van der Waals surface area contributed by atoms with E-state index in [0.29, 0.717) is 44.6 Å². The van der Waals surface area contributed by atoms with Gasteiger partial charge in [-0.2, -0.15) is 13.2 Å². The number of piperidine rings is 1. The van der Waals surface area contributed by atoms with Crippen LogP contribution in [0.5, 0.6) is 0 Å². The van der Waals surface area contributed by atoms with Gasteiger partial charge in [-0.1, -0.05) is 36.4 Å². The van der Waals surface area contributed by atoms with Gasteiger partial charge in [-0.3, -0.25) is 9.59 Å². The molecule has 0 unspecified atom stereocenters. The van der Waals surface area contributed by atoms with Crippen LogP contribution in [-0.4, -0.2) is 42.4 Å². The van der Waals surface area contributed by atoms with Crippen molar-refractivity contribution < 1.29 is 22.8 Å². The maximum absolute atomic E-state index is 13.5. The number of benzene rings is 3. The first-order valence-corrected chi connectivity index (χ1v) is 12.5. The van der Waals surface area contributed by atoms with E-state index in [-0.39, 0.29) is 23.4 Å². The summed E-state index contributed by atoms with van der Waals surface area (Å²) in [4.78, 5) is 30.1. The van der Waals surface area contributed by atoms with E-state index in [1.54, 1.807) is 0 Å². The Morgan fingerprint density at radius 1 is 0.811 bits per heavy atom. The summed E-state index contributed by atoms with van der Waals surface area (Å²) in [5.41, 5.74) is 3.46. The molecule has 3 aromatic carbocycles. The highest BCUT2D eigenvalue weighted by Gasteiger charge is 2.31. The van der Waals surface area contributed by atoms with Crippen molar-refractivity contribution in [2.45, 2.75) is 38.0 Å². The molecule has 8 heteroatoms. The molecule has 2 heterocycles. The normalized spacial score (nSPS) is 16.3. The Balaban J connectivity index is 1.21. The number of amides is 2. The number of hydrogen-bond acceptors (Lipinski definition) is 3. The highest BCUT2D eigenvalue weighted by atomic mass is 19.4. The zero-order chi connectivity index (χ0) is 26.0. The van der Waals surface area contributed by atoms with Crippen LogP contribution in [0.15, 0.2) is 72.8 Å². The van der Waals surface area contributed by atoms with Crippen molar-refractivity contribution in [2.24, 2.45) is 0 Å². The lowest BCUT2D eigenvalue weighted by Gasteiger charge is -2.36. The van der Waals surface area contributed by atoms with Gasteiger partial charge < -0.3 is 15.1 Å². The molecule has 0 saturated carbocycles. The van der Waals surface area contributed by atoms with Gasteiger partial charge >= 0.3 is 6.18 Å². The van der Waals surface area contributed by atoms with Crippen LogP contribution in [0.2, 0.25) is 0 Å². The average molecular weight is 508 g/mol. The summed E-state index contributed by atoms with van der Waals surface area (Å²) in [6.45, 7) is 2.60. The van der Waals surface area contributed by atoms with Crippen LogP contribution in [-0.2, 0) is 19.1 Å². The number of rotatable bonds is 4. The molecule has 1 N–H and O–H groups in total. The van der Waals surface area contributed by atoms with Gasteiger partial charge in [0.1, 0.15) is 0 Å². The molecule has 1 fully saturated rings. The number of halogens is 3. The van der Waals surface area contributed by atoms with E-state index in [4.69, 9.17) is 0 Å². The van der Waals surface area contributed by atoms with E-state index in [9.17, 15) is 22.8 Å². The van der Waals surface area contributed by atoms with E-state index >= 15 is 0 Å². The standard InChI is InChI=1S/C29H28F3N3O2/c30-29(31,32)23-11-9-21(10-12-23)27(36)33-24-14-17-34(18-15-24)26-8-4-3-7-25(26)28(37)35-16-13-20-5-1-2-6-22(20)19-35/h1-12,24H,13-19H2,(H,33,36). The summed E-state index contributed by atoms with van der Waals surface area (Å²) in [6.07, 6.45) is -2.25. The second-order valence-electron chi connectivity index (χ2n) is 9.57. The Kier molecular flexibility index (Phi) is 6.91. The third-order valence-corrected chi connectivity index (χ3v) is 7.20. The quantitative estimate of drug-likeness (QED) is 0.521. The molecule has 0 aliphatic carbocycles. The van der Waals surface area contributed by atoms with Crippen molar-refractivity contribution in [3.8, 4) is 0 Å². The van der Waals surface area contributed by atoms with Crippen molar-refractivity contribution in [3.63, 3.8) is 0 Å². The summed E-state index contributed by atoms with van der Waals surface area (Å²) in [5, 5.41) is 2.94. The Labute approximate surface area is 213 Å². The monoisotopic (exact) mass is 507 g/mol. The van der Waals surface area contributed by atoms with E-state index in [0.717, 1.165) is 24.2 Å². The van der Waals surface area contributed by atoms with Crippen LogP contribution in [0.3, 0.4) is 0 Å². The number of fused-ring (bicyclic) bond motifs is 1. The van der Waals surface area contributed by atoms with Crippen molar-refractivity contribution in [3.05, 3.63) is 101 Å². The van der Waals surface area contributed by atoms with Gasteiger partial charge in [-0.15, -0.1) is 0 Å². The van der Waals surface area contributed by atoms with Crippen molar-refractivity contribution in [1.29, 1.82) is 0 Å². The van der Waals surface area contributed by atoms with Crippen LogP contribution in [0.25, 0.3) is 0 Å². The molecule has 5 nitrogen and oxygen atoms in total. The number of nitrogens with one attached hydrogen (secondary N) is 1. The van der Waals surface area contributed by atoms with Crippen molar-refractivity contribution >= 4 is 17.5 Å². The lowest BCUT2D eigenvalue weighted by atomic mass is 9.98. The summed E-state index contributed by atoms with van der Waals surface area (Å²) in [7, 11) is 0. The molecule has 0 atom stereocenters. The summed E-state index contributed by atoms with van der Waals surface area (Å²) in [6, 6.07) is 20.0. The predicted molar refractivity (Wildman–Crippen MR) is 135 cm³/mol. The first-order chi connectivity index (χ1) is 17.8. The van der Waals surface area contributed by atoms with E-state index < -0.39 is 11.7 Å². The molecule has 2 aliphatic heterocycles. The van der Waals surface area contributed by atoms with Gasteiger partial charge in [-0.25, -0.2) is 0 Å². The Hall–Kier alpha value is -3.81. The van der Waals surface area contributed by atoms with Gasteiger partial charge in [-0.05, 0) is 66.8 Å². The zero-order valence-electron chi connectivity index (χ0n) is 20.3. The first-order valence-electron chi connectivity index (χ1n) is 12.5. The van der Waals surface area contributed by atoms with Gasteiger partial charge in [0.15, 0.2) is 0 Å². The van der Waals surface area contributed by atoms with Crippen LogP contribution in [0.4, 0.5) is 18.9 Å². The fraction of sp³-hybridized carbons (Fsp3) is 0.310. The fourth-order valence-corrected chi connectivity index (χ4v) is 5.11. The zero-order valence-corrected chi connectivity index (χ0v) is 20.3. The molecule has 37 heavy (non-hydrogen) atoms. The largest absolute Gasteiger partial charge is 0.416 e. The number of hydrogen-bond donors (Lipinski definition) is 1. The van der Waals surface area contributed by atoms with Crippen LogP contribution in [0, 0.1) is 0 Å². The highest BCUT2D eigenvalue weighted by molar-refractivity contribution is 6.00. The van der Waals surface area contributed by atoms with Crippen molar-refractivity contribution in [2.75, 3.05) is 24.5 Å². The molecule has 0 bridgehead atoms. The van der Waals surface area contributed by atoms with E-state index in [1.165, 1.54) is 23.3 Å². The molecule has 3 aromatic rings. The van der Waals surface area contributed by atoms with Crippen LogP contribution >= 0.6 is 0 Å². The van der Waals surface area contributed by atoms with Crippen LogP contribution in [0.1, 0.15) is 50.2 Å². The third-order valence-electron chi connectivity index (χ3n) is 7.20. The SMILES string of the molecule is O=C(NC1CCN(c2ccccc2C(=O)N2CCc3ccccc3C2)CC1)c1ccc(C(F)(F)F)cc1. The number of nitrogens with zero attached hydrogens (tertiary/aromatic N) is 2. The van der Waals surface area contributed by atoms with Crippen LogP contribution < -0.4 is 10.2 Å². The second-order valence-corrected chi connectivity index (χ2v) is 9.57. The number of para-hydroxylation sites is 1. The second kappa shape index (κ2) is 10.3. The van der Waals surface area contributed by atoms with Gasteiger partial charge in [0.2, 0.25) is 0 Å². The molecule has 0 spiro atoms. The predicted octanol–water partition coefficient (Wildman–Crippen LogP) is 5.30. The number of carbonyl (C=O) groups excluding carboxylic acids is 2. The minimum Gasteiger partial charge on any atom is -0.371 e. The number of anilines is 1. The lowest BCUT2D eigenvalue weighted by molar-refractivity contribution is -0.137. The summed E-state index contributed by atoms with van der Waals surface area (Å²) in [5.74, 6) is -0.365. The van der Waals surface area contributed by atoms with E-state index in [2.05, 4.69) is 22.3 Å². The summed E-state index contributed by atoms with van der Waals surface area (Å²) >= 11 is 0. The smallest absolute Gasteiger partial charge is 0.371 e. The van der Waals surface area contributed by atoms with Gasteiger partial charge in [0, 0.05) is 43.5 Å². The Bertz CT molecular complexity index is 1280. The molecule has 0 radical (unpaired) electrons. The highest BCUT2D eigenvalue weighted by Crippen LogP contribution is 2.30. The van der Waals surface area contributed by atoms with Crippen molar-refractivity contribution in [1.82, 2.24) is 10.2 Å². The topological polar surface area (TPSA) is 52.7 Å². The Morgan fingerprint density at radius 3 is 2.16 bits per heavy atom. The lowest BCUT2D eigenvalue weighted by Crippen LogP contribution is -2.45. The molecule has 192 valence electrons. The third kappa shape index (κ3) is 5.48. The number of alkyl halides is 3. The first kappa shape index (κ1) is 24.9. The Morgan fingerprint density at radius 2 is 1.46 bits per heavy atom.